The summed E-state index contributed by atoms with van der Waals surface area (Å²) in [4.78, 5) is 9.49. The minimum Gasteiger partial charge on any atom is -0.370 e. The Hall–Kier alpha value is -0.980. The van der Waals surface area contributed by atoms with Gasteiger partial charge in [0.05, 0.1) is 6.54 Å². The fraction of sp³-hybridized carbons (Fsp3) is 0.588. The molecule has 1 N–H and O–H groups in total. The molecule has 1 saturated heterocycles. The van der Waals surface area contributed by atoms with Crippen LogP contribution >= 0.6 is 24.0 Å². The largest absolute Gasteiger partial charge is 0.370 e. The van der Waals surface area contributed by atoms with E-state index in [1.807, 2.05) is 0 Å². The summed E-state index contributed by atoms with van der Waals surface area (Å²) in [5.41, 5.74) is 1.24. The smallest absolute Gasteiger partial charge is 0.193 e. The van der Waals surface area contributed by atoms with Gasteiger partial charge in [0.25, 0.3) is 0 Å². The Morgan fingerprint density at radius 3 is 2.50 bits per heavy atom. The number of para-hydroxylation sites is 1. The summed E-state index contributed by atoms with van der Waals surface area (Å²) in [7, 11) is 2.14. The SMILES string of the molecule is CCNC(=NCC(C)N(C)c1ccccc1)N1CCCC1.I. The van der Waals surface area contributed by atoms with E-state index >= 15 is 0 Å². The average Bonchev–Trinajstić information content (AvgIpc) is 3.05. The van der Waals surface area contributed by atoms with Crippen LogP contribution in [0.1, 0.15) is 26.7 Å². The number of aliphatic imine (C=N–C) groups is 1. The highest BCUT2D eigenvalue weighted by Crippen LogP contribution is 2.14. The van der Waals surface area contributed by atoms with Crippen LogP contribution in [-0.2, 0) is 0 Å². The second-order valence-corrected chi connectivity index (χ2v) is 5.68. The normalized spacial score (nSPS) is 16.1. The van der Waals surface area contributed by atoms with Crippen molar-refractivity contribution in [3.8, 4) is 0 Å². The number of nitrogens with zero attached hydrogens (tertiary/aromatic N) is 3. The van der Waals surface area contributed by atoms with Crippen LogP contribution in [0.2, 0.25) is 0 Å². The predicted molar refractivity (Wildman–Crippen MR) is 107 cm³/mol. The highest BCUT2D eigenvalue weighted by Gasteiger charge is 2.16. The zero-order chi connectivity index (χ0) is 15.1. The Bertz CT molecular complexity index is 443. The number of hydrogen-bond acceptors (Lipinski definition) is 2. The molecule has 1 aliphatic rings. The molecule has 22 heavy (non-hydrogen) atoms. The van der Waals surface area contributed by atoms with Crippen molar-refractivity contribution in [2.75, 3.05) is 38.1 Å². The van der Waals surface area contributed by atoms with E-state index in [-0.39, 0.29) is 24.0 Å². The zero-order valence-electron chi connectivity index (χ0n) is 14.0. The third-order valence-electron chi connectivity index (χ3n) is 4.07. The maximum absolute atomic E-state index is 4.83. The topological polar surface area (TPSA) is 30.9 Å². The number of likely N-dealkylation sites (tertiary alicyclic amines) is 1. The number of guanidine groups is 1. The van der Waals surface area contributed by atoms with Crippen molar-refractivity contribution in [3.05, 3.63) is 30.3 Å². The van der Waals surface area contributed by atoms with Gasteiger partial charge in [0.1, 0.15) is 0 Å². The molecular weight excluding hydrogens is 387 g/mol. The number of nitrogens with one attached hydrogen (secondary N) is 1. The first-order valence-electron chi connectivity index (χ1n) is 8.03. The fourth-order valence-corrected chi connectivity index (χ4v) is 2.61. The summed E-state index contributed by atoms with van der Waals surface area (Å²) in [6, 6.07) is 10.9. The first kappa shape index (κ1) is 19.1. The van der Waals surface area contributed by atoms with Gasteiger partial charge in [-0.2, -0.15) is 0 Å². The molecule has 0 amide bonds. The molecule has 1 heterocycles. The van der Waals surface area contributed by atoms with Crippen molar-refractivity contribution < 1.29 is 0 Å². The number of benzene rings is 1. The lowest BCUT2D eigenvalue weighted by atomic mass is 10.2. The summed E-state index contributed by atoms with van der Waals surface area (Å²) in [5.74, 6) is 1.07. The van der Waals surface area contributed by atoms with E-state index < -0.39 is 0 Å². The van der Waals surface area contributed by atoms with Crippen LogP contribution in [-0.4, -0.2) is 50.1 Å². The Morgan fingerprint density at radius 2 is 1.91 bits per heavy atom. The van der Waals surface area contributed by atoms with Crippen LogP contribution in [0.15, 0.2) is 35.3 Å². The average molecular weight is 416 g/mol. The van der Waals surface area contributed by atoms with Gasteiger partial charge in [-0.15, -0.1) is 24.0 Å². The molecule has 1 aromatic rings. The molecule has 124 valence electrons. The molecule has 1 aliphatic heterocycles. The van der Waals surface area contributed by atoms with Gasteiger partial charge in [0.15, 0.2) is 5.96 Å². The molecule has 1 fully saturated rings. The van der Waals surface area contributed by atoms with Crippen molar-refractivity contribution in [3.63, 3.8) is 0 Å². The van der Waals surface area contributed by atoms with Crippen molar-refractivity contribution in [2.45, 2.75) is 32.7 Å². The number of likely N-dealkylation sites (N-methyl/N-ethyl adjacent to an activating group) is 1. The lowest BCUT2D eigenvalue weighted by Crippen LogP contribution is -2.41. The molecule has 1 atom stereocenters. The van der Waals surface area contributed by atoms with Gasteiger partial charge in [0.2, 0.25) is 0 Å². The van der Waals surface area contributed by atoms with E-state index in [0.717, 1.165) is 32.1 Å². The summed E-state index contributed by atoms with van der Waals surface area (Å²) in [5, 5.41) is 3.42. The van der Waals surface area contributed by atoms with Crippen molar-refractivity contribution in [1.29, 1.82) is 0 Å². The third kappa shape index (κ3) is 5.34. The second kappa shape index (κ2) is 9.92. The molecular formula is C17H29IN4. The standard InChI is InChI=1S/C17H28N4.HI/c1-4-18-17(21-12-8-9-13-21)19-14-15(2)20(3)16-10-6-5-7-11-16;/h5-7,10-11,15H,4,8-9,12-14H2,1-3H3,(H,18,19);1H. The summed E-state index contributed by atoms with van der Waals surface area (Å²) in [6.07, 6.45) is 2.56. The molecule has 0 bridgehead atoms. The monoisotopic (exact) mass is 416 g/mol. The number of anilines is 1. The van der Waals surface area contributed by atoms with Gasteiger partial charge in [-0.05, 0) is 38.8 Å². The van der Waals surface area contributed by atoms with Crippen LogP contribution in [0.4, 0.5) is 5.69 Å². The molecule has 5 heteroatoms. The van der Waals surface area contributed by atoms with Crippen LogP contribution in [0.25, 0.3) is 0 Å². The van der Waals surface area contributed by atoms with E-state index in [1.165, 1.54) is 18.5 Å². The first-order valence-corrected chi connectivity index (χ1v) is 8.03. The van der Waals surface area contributed by atoms with E-state index in [0.29, 0.717) is 6.04 Å². The van der Waals surface area contributed by atoms with Gasteiger partial charge < -0.3 is 15.1 Å². The van der Waals surface area contributed by atoms with Crippen molar-refractivity contribution in [2.24, 2.45) is 4.99 Å². The summed E-state index contributed by atoms with van der Waals surface area (Å²) in [6.45, 7) is 8.36. The number of halogens is 1. The van der Waals surface area contributed by atoms with Gasteiger partial charge in [-0.3, -0.25) is 4.99 Å². The Balaban J connectivity index is 0.00000242. The van der Waals surface area contributed by atoms with Gasteiger partial charge >= 0.3 is 0 Å². The van der Waals surface area contributed by atoms with Crippen LogP contribution in [0.3, 0.4) is 0 Å². The zero-order valence-corrected chi connectivity index (χ0v) is 16.3. The summed E-state index contributed by atoms with van der Waals surface area (Å²) < 4.78 is 0. The molecule has 0 aromatic heterocycles. The van der Waals surface area contributed by atoms with Gasteiger partial charge in [-0.25, -0.2) is 0 Å². The van der Waals surface area contributed by atoms with E-state index in [2.05, 4.69) is 66.3 Å². The number of rotatable bonds is 5. The van der Waals surface area contributed by atoms with Crippen LogP contribution in [0.5, 0.6) is 0 Å². The molecule has 0 aliphatic carbocycles. The second-order valence-electron chi connectivity index (χ2n) is 5.68. The molecule has 0 radical (unpaired) electrons. The quantitative estimate of drug-likeness (QED) is 0.455. The Labute approximate surface area is 152 Å². The Morgan fingerprint density at radius 1 is 1.27 bits per heavy atom. The maximum atomic E-state index is 4.83. The highest BCUT2D eigenvalue weighted by atomic mass is 127. The highest BCUT2D eigenvalue weighted by molar-refractivity contribution is 14.0. The Kier molecular flexibility index (Phi) is 8.60. The molecule has 1 unspecified atom stereocenters. The minimum atomic E-state index is 0. The molecule has 2 rings (SSSR count). The fourth-order valence-electron chi connectivity index (χ4n) is 2.61. The number of hydrogen-bond donors (Lipinski definition) is 1. The van der Waals surface area contributed by atoms with Crippen LogP contribution < -0.4 is 10.2 Å². The minimum absolute atomic E-state index is 0. The van der Waals surface area contributed by atoms with Gasteiger partial charge in [0, 0.05) is 38.4 Å². The van der Waals surface area contributed by atoms with E-state index in [9.17, 15) is 0 Å². The lowest BCUT2D eigenvalue weighted by Gasteiger charge is -2.27. The maximum Gasteiger partial charge on any atom is 0.193 e. The molecule has 0 saturated carbocycles. The summed E-state index contributed by atoms with van der Waals surface area (Å²) >= 11 is 0. The van der Waals surface area contributed by atoms with Gasteiger partial charge in [-0.1, -0.05) is 18.2 Å². The molecule has 1 aromatic carbocycles. The van der Waals surface area contributed by atoms with Crippen molar-refractivity contribution >= 4 is 35.6 Å². The van der Waals surface area contributed by atoms with E-state index in [1.54, 1.807) is 0 Å². The lowest BCUT2D eigenvalue weighted by molar-refractivity contribution is 0.492. The third-order valence-corrected chi connectivity index (χ3v) is 4.07. The predicted octanol–water partition coefficient (Wildman–Crippen LogP) is 3.19. The van der Waals surface area contributed by atoms with Crippen LogP contribution in [0, 0.1) is 0 Å². The molecule has 0 spiro atoms. The van der Waals surface area contributed by atoms with Crippen molar-refractivity contribution in [1.82, 2.24) is 10.2 Å². The first-order chi connectivity index (χ1) is 10.2. The van der Waals surface area contributed by atoms with E-state index in [4.69, 9.17) is 4.99 Å². The molecule has 4 nitrogen and oxygen atoms in total.